The molecule has 8 nitrogen and oxygen atoms in total. The van der Waals surface area contributed by atoms with Crippen molar-refractivity contribution in [2.24, 2.45) is 5.92 Å². The summed E-state index contributed by atoms with van der Waals surface area (Å²) >= 11 is 0. The average Bonchev–Trinajstić information content (AvgIpc) is 3.12. The fourth-order valence-corrected chi connectivity index (χ4v) is 5.66. The molecule has 0 N–H and O–H groups in total. The summed E-state index contributed by atoms with van der Waals surface area (Å²) in [4.78, 5) is 39.1. The molecular weight excluding hydrogens is 408 g/mol. The highest BCUT2D eigenvalue weighted by molar-refractivity contribution is 7.89. The lowest BCUT2D eigenvalue weighted by atomic mass is 9.96. The molecule has 30 heavy (non-hydrogen) atoms. The van der Waals surface area contributed by atoms with Crippen LogP contribution in [0.1, 0.15) is 43.7 Å². The number of hydrogen-bond acceptors (Lipinski definition) is 6. The van der Waals surface area contributed by atoms with E-state index in [1.165, 1.54) is 12.1 Å². The number of nitrogens with zero attached hydrogens (tertiary/aromatic N) is 2. The van der Waals surface area contributed by atoms with Gasteiger partial charge in [0.2, 0.25) is 11.8 Å². The third-order valence-electron chi connectivity index (χ3n) is 5.91. The molecule has 0 spiro atoms. The number of rotatable bonds is 5. The monoisotopic (exact) mass is 436 g/mol. The maximum atomic E-state index is 13.2. The Bertz CT molecular complexity index is 950. The normalized spacial score (nSPS) is 20.5. The molecule has 2 saturated heterocycles. The first-order chi connectivity index (χ1) is 14.2. The van der Waals surface area contributed by atoms with Gasteiger partial charge in [0.15, 0.2) is 0 Å². The lowest BCUT2D eigenvalue weighted by Crippen LogP contribution is -2.51. The van der Waals surface area contributed by atoms with Crippen LogP contribution in [0.15, 0.2) is 23.1 Å². The first kappa shape index (κ1) is 22.3. The van der Waals surface area contributed by atoms with E-state index < -0.39 is 22.0 Å². The van der Waals surface area contributed by atoms with E-state index >= 15 is 0 Å². The molecule has 164 valence electrons. The van der Waals surface area contributed by atoms with E-state index in [0.29, 0.717) is 32.5 Å². The molecular formula is C21H28N2O6S. The van der Waals surface area contributed by atoms with Gasteiger partial charge in [-0.25, -0.2) is 12.7 Å². The number of aryl methyl sites for hydroxylation is 2. The van der Waals surface area contributed by atoms with Crippen LogP contribution < -0.4 is 0 Å². The van der Waals surface area contributed by atoms with Gasteiger partial charge in [0.1, 0.15) is 6.04 Å². The first-order valence-corrected chi connectivity index (χ1v) is 11.7. The van der Waals surface area contributed by atoms with Gasteiger partial charge in [0.05, 0.1) is 17.4 Å². The smallest absolute Gasteiger partial charge is 0.309 e. The van der Waals surface area contributed by atoms with Gasteiger partial charge in [0.25, 0.3) is 10.0 Å². The quantitative estimate of drug-likeness (QED) is 0.652. The predicted molar refractivity (Wildman–Crippen MR) is 109 cm³/mol. The third kappa shape index (κ3) is 4.21. The molecule has 0 radical (unpaired) electrons. The number of amides is 2. The van der Waals surface area contributed by atoms with E-state index in [-0.39, 0.29) is 35.5 Å². The lowest BCUT2D eigenvalue weighted by molar-refractivity contribution is -0.151. The Labute approximate surface area is 177 Å². The minimum absolute atomic E-state index is 0.0136. The molecule has 1 atom stereocenters. The highest BCUT2D eigenvalue weighted by atomic mass is 32.2. The second kappa shape index (κ2) is 8.75. The van der Waals surface area contributed by atoms with Crippen molar-refractivity contribution in [1.82, 2.24) is 9.21 Å². The second-order valence-corrected chi connectivity index (χ2v) is 9.66. The molecule has 1 aromatic rings. The number of ether oxygens (including phenoxy) is 1. The van der Waals surface area contributed by atoms with Gasteiger partial charge in [-0.1, -0.05) is 6.07 Å². The van der Waals surface area contributed by atoms with Gasteiger partial charge in [-0.05, 0) is 63.3 Å². The SMILES string of the molecule is CCOC(=O)C1CCN(C(=O)[C@H]2CCC(=O)N2S(=O)(=O)c2ccc(C)c(C)c2)CC1. The van der Waals surface area contributed by atoms with Gasteiger partial charge in [0, 0.05) is 19.5 Å². The zero-order valence-electron chi connectivity index (χ0n) is 17.6. The number of carbonyl (C=O) groups excluding carboxylic acids is 3. The maximum Gasteiger partial charge on any atom is 0.309 e. The van der Waals surface area contributed by atoms with Crippen LogP contribution in [0, 0.1) is 19.8 Å². The van der Waals surface area contributed by atoms with Crippen LogP contribution in [0.5, 0.6) is 0 Å². The first-order valence-electron chi connectivity index (χ1n) is 10.3. The van der Waals surface area contributed by atoms with Crippen LogP contribution >= 0.6 is 0 Å². The Balaban J connectivity index is 1.77. The summed E-state index contributed by atoms with van der Waals surface area (Å²) in [5.74, 6) is -1.46. The molecule has 1 aromatic carbocycles. The fourth-order valence-electron chi connectivity index (χ4n) is 3.98. The van der Waals surface area contributed by atoms with Crippen molar-refractivity contribution < 1.29 is 27.5 Å². The molecule has 0 aromatic heterocycles. The van der Waals surface area contributed by atoms with Crippen LogP contribution in [0.4, 0.5) is 0 Å². The third-order valence-corrected chi connectivity index (χ3v) is 7.73. The molecule has 2 aliphatic heterocycles. The Morgan fingerprint density at radius 3 is 2.37 bits per heavy atom. The molecule has 2 aliphatic rings. The Morgan fingerprint density at radius 2 is 1.77 bits per heavy atom. The molecule has 2 heterocycles. The summed E-state index contributed by atoms with van der Waals surface area (Å²) in [6.07, 6.45) is 1.11. The predicted octanol–water partition coefficient (Wildman–Crippen LogP) is 1.78. The number of piperidine rings is 1. The topological polar surface area (TPSA) is 101 Å². The highest BCUT2D eigenvalue weighted by Crippen LogP contribution is 2.30. The summed E-state index contributed by atoms with van der Waals surface area (Å²) in [6, 6.07) is 3.65. The van der Waals surface area contributed by atoms with Gasteiger partial charge in [-0.15, -0.1) is 0 Å². The van der Waals surface area contributed by atoms with E-state index in [2.05, 4.69) is 0 Å². The minimum Gasteiger partial charge on any atom is -0.466 e. The van der Waals surface area contributed by atoms with E-state index in [0.717, 1.165) is 15.4 Å². The van der Waals surface area contributed by atoms with Gasteiger partial charge >= 0.3 is 5.97 Å². The number of hydrogen-bond donors (Lipinski definition) is 0. The number of benzene rings is 1. The average molecular weight is 437 g/mol. The van der Waals surface area contributed by atoms with E-state index in [9.17, 15) is 22.8 Å². The minimum atomic E-state index is -4.13. The molecule has 0 bridgehead atoms. The number of likely N-dealkylation sites (tertiary alicyclic amines) is 1. The molecule has 2 amide bonds. The van der Waals surface area contributed by atoms with Crippen LogP contribution in [-0.4, -0.2) is 61.1 Å². The lowest BCUT2D eigenvalue weighted by Gasteiger charge is -2.34. The number of sulfonamides is 1. The molecule has 2 fully saturated rings. The summed E-state index contributed by atoms with van der Waals surface area (Å²) in [6.45, 7) is 6.41. The molecule has 0 saturated carbocycles. The van der Waals surface area contributed by atoms with E-state index in [4.69, 9.17) is 4.74 Å². The Morgan fingerprint density at radius 1 is 1.10 bits per heavy atom. The molecule has 0 aliphatic carbocycles. The zero-order valence-corrected chi connectivity index (χ0v) is 18.4. The van der Waals surface area contributed by atoms with E-state index in [1.54, 1.807) is 24.8 Å². The number of carbonyl (C=O) groups is 3. The molecule has 0 unspecified atom stereocenters. The summed E-state index contributed by atoms with van der Waals surface area (Å²) in [5, 5.41) is 0. The fraction of sp³-hybridized carbons (Fsp3) is 0.571. The van der Waals surface area contributed by atoms with Crippen molar-refractivity contribution >= 4 is 27.8 Å². The van der Waals surface area contributed by atoms with Crippen LogP contribution in [-0.2, 0) is 29.1 Å². The van der Waals surface area contributed by atoms with Crippen LogP contribution in [0.3, 0.4) is 0 Å². The van der Waals surface area contributed by atoms with Crippen molar-refractivity contribution in [2.75, 3.05) is 19.7 Å². The zero-order chi connectivity index (χ0) is 22.1. The van der Waals surface area contributed by atoms with Gasteiger partial charge < -0.3 is 9.64 Å². The number of esters is 1. The maximum absolute atomic E-state index is 13.2. The highest BCUT2D eigenvalue weighted by Gasteiger charge is 2.46. The second-order valence-electron chi connectivity index (χ2n) is 7.85. The largest absolute Gasteiger partial charge is 0.466 e. The van der Waals surface area contributed by atoms with Crippen LogP contribution in [0.2, 0.25) is 0 Å². The Hall–Kier alpha value is -2.42. The van der Waals surface area contributed by atoms with Gasteiger partial charge in [-0.3, -0.25) is 14.4 Å². The Kier molecular flexibility index (Phi) is 6.50. The molecule has 3 rings (SSSR count). The van der Waals surface area contributed by atoms with Crippen molar-refractivity contribution in [3.63, 3.8) is 0 Å². The van der Waals surface area contributed by atoms with Crippen LogP contribution in [0.25, 0.3) is 0 Å². The van der Waals surface area contributed by atoms with Crippen molar-refractivity contribution in [1.29, 1.82) is 0 Å². The molecule has 9 heteroatoms. The van der Waals surface area contributed by atoms with E-state index in [1.807, 2.05) is 6.92 Å². The van der Waals surface area contributed by atoms with Gasteiger partial charge in [-0.2, -0.15) is 0 Å². The summed E-state index contributed by atoms with van der Waals surface area (Å²) in [7, 11) is -4.13. The summed E-state index contributed by atoms with van der Waals surface area (Å²) < 4.78 is 32.2. The summed E-state index contributed by atoms with van der Waals surface area (Å²) in [5.41, 5.74) is 1.74. The standard InChI is InChI=1S/C21H28N2O6S/c1-4-29-21(26)16-9-11-22(12-10-16)20(25)18-7-8-19(24)23(18)30(27,28)17-6-5-14(2)15(3)13-17/h5-6,13,16,18H,4,7-12H2,1-3H3/t18-/m1/s1. The van der Waals surface area contributed by atoms with Crippen molar-refractivity contribution in [3.05, 3.63) is 29.3 Å². The van der Waals surface area contributed by atoms with Crippen molar-refractivity contribution in [2.45, 2.75) is 57.4 Å². The van der Waals surface area contributed by atoms with Crippen molar-refractivity contribution in [3.8, 4) is 0 Å².